The normalized spacial score (nSPS) is 10.0. The van der Waals surface area contributed by atoms with Crippen LogP contribution in [-0.4, -0.2) is 11.8 Å². The smallest absolute Gasteiger partial charge is 0.267 e. The van der Waals surface area contributed by atoms with Crippen molar-refractivity contribution in [2.24, 2.45) is 0 Å². The minimum Gasteiger partial charge on any atom is -0.267 e. The van der Waals surface area contributed by atoms with Gasteiger partial charge in [0, 0.05) is 10.0 Å². The predicted octanol–water partition coefficient (Wildman–Crippen LogP) is 2.97. The molecule has 0 atom stereocenters. The van der Waals surface area contributed by atoms with Crippen LogP contribution in [0, 0.1) is 12.7 Å². The zero-order valence-corrected chi connectivity index (χ0v) is 12.7. The molecule has 4 nitrogen and oxygen atoms in total. The van der Waals surface area contributed by atoms with Gasteiger partial charge in [0.2, 0.25) is 0 Å². The summed E-state index contributed by atoms with van der Waals surface area (Å²) in [5.74, 6) is -1.42. The summed E-state index contributed by atoms with van der Waals surface area (Å²) in [5.41, 5.74) is 6.27. The van der Waals surface area contributed by atoms with E-state index in [0.29, 0.717) is 10.0 Å². The summed E-state index contributed by atoms with van der Waals surface area (Å²) in [6.45, 7) is 1.91. The van der Waals surface area contributed by atoms with E-state index < -0.39 is 17.6 Å². The third-order valence-electron chi connectivity index (χ3n) is 2.78. The lowest BCUT2D eigenvalue weighted by molar-refractivity contribution is 0.0846. The molecular weight excluding hydrogens is 339 g/mol. The second-order valence-electron chi connectivity index (χ2n) is 4.40. The van der Waals surface area contributed by atoms with Crippen LogP contribution in [0.15, 0.2) is 46.9 Å². The van der Waals surface area contributed by atoms with E-state index in [4.69, 9.17) is 0 Å². The number of hydrazine groups is 1. The zero-order chi connectivity index (χ0) is 15.4. The quantitative estimate of drug-likeness (QED) is 0.818. The highest BCUT2D eigenvalue weighted by Crippen LogP contribution is 2.17. The fourth-order valence-electron chi connectivity index (χ4n) is 1.63. The number of amides is 2. The molecule has 2 aromatic rings. The van der Waals surface area contributed by atoms with Gasteiger partial charge in [-0.1, -0.05) is 17.7 Å². The molecule has 0 aliphatic carbocycles. The Hall–Kier alpha value is -2.21. The number of benzene rings is 2. The van der Waals surface area contributed by atoms with Gasteiger partial charge < -0.3 is 0 Å². The lowest BCUT2D eigenvalue weighted by atomic mass is 10.1. The number of hydrogen-bond acceptors (Lipinski definition) is 2. The van der Waals surface area contributed by atoms with E-state index in [1.165, 1.54) is 18.2 Å². The SMILES string of the molecule is Cc1ccc(C(=O)NNC(=O)c2ccc(F)cc2Br)cc1. The van der Waals surface area contributed by atoms with Crippen LogP contribution in [0.4, 0.5) is 4.39 Å². The van der Waals surface area contributed by atoms with E-state index in [1.807, 2.05) is 6.92 Å². The molecule has 0 heterocycles. The highest BCUT2D eigenvalue weighted by atomic mass is 79.9. The van der Waals surface area contributed by atoms with Gasteiger partial charge in [-0.2, -0.15) is 0 Å². The molecule has 0 unspecified atom stereocenters. The summed E-state index contributed by atoms with van der Waals surface area (Å²) in [6, 6.07) is 10.6. The van der Waals surface area contributed by atoms with Gasteiger partial charge >= 0.3 is 0 Å². The van der Waals surface area contributed by atoms with Gasteiger partial charge in [-0.15, -0.1) is 0 Å². The number of nitrogens with one attached hydrogen (secondary N) is 2. The molecule has 0 radical (unpaired) electrons. The Bertz CT molecular complexity index is 687. The van der Waals surface area contributed by atoms with Crippen LogP contribution in [0.2, 0.25) is 0 Å². The fourth-order valence-corrected chi connectivity index (χ4v) is 2.16. The minimum atomic E-state index is -0.540. The van der Waals surface area contributed by atoms with Crippen molar-refractivity contribution in [2.75, 3.05) is 0 Å². The lowest BCUT2D eigenvalue weighted by Crippen LogP contribution is -2.41. The maximum Gasteiger partial charge on any atom is 0.270 e. The Balaban J connectivity index is 2.00. The van der Waals surface area contributed by atoms with Crippen molar-refractivity contribution in [1.82, 2.24) is 10.9 Å². The van der Waals surface area contributed by atoms with Crippen LogP contribution >= 0.6 is 15.9 Å². The highest BCUT2D eigenvalue weighted by Gasteiger charge is 2.12. The van der Waals surface area contributed by atoms with Crippen molar-refractivity contribution < 1.29 is 14.0 Å². The first-order valence-corrected chi connectivity index (χ1v) is 6.89. The molecule has 2 N–H and O–H groups in total. The molecule has 21 heavy (non-hydrogen) atoms. The summed E-state index contributed by atoms with van der Waals surface area (Å²) in [4.78, 5) is 23.7. The van der Waals surface area contributed by atoms with Gasteiger partial charge in [-0.05, 0) is 53.2 Å². The largest absolute Gasteiger partial charge is 0.270 e. The molecule has 2 amide bonds. The lowest BCUT2D eigenvalue weighted by Gasteiger charge is -2.09. The molecule has 0 saturated heterocycles. The Kier molecular flexibility index (Phi) is 4.70. The number of carbonyl (C=O) groups excluding carboxylic acids is 2. The Morgan fingerprint density at radius 2 is 1.62 bits per heavy atom. The monoisotopic (exact) mass is 350 g/mol. The van der Waals surface area contributed by atoms with E-state index in [1.54, 1.807) is 24.3 Å². The second kappa shape index (κ2) is 6.49. The van der Waals surface area contributed by atoms with Crippen LogP contribution in [-0.2, 0) is 0 Å². The van der Waals surface area contributed by atoms with E-state index in [9.17, 15) is 14.0 Å². The van der Waals surface area contributed by atoms with Crippen LogP contribution in [0.3, 0.4) is 0 Å². The van der Waals surface area contributed by atoms with Crippen molar-refractivity contribution in [1.29, 1.82) is 0 Å². The molecule has 2 aromatic carbocycles. The van der Waals surface area contributed by atoms with Crippen molar-refractivity contribution in [2.45, 2.75) is 6.92 Å². The van der Waals surface area contributed by atoms with Gasteiger partial charge in [-0.3, -0.25) is 20.4 Å². The number of aryl methyl sites for hydroxylation is 1. The highest BCUT2D eigenvalue weighted by molar-refractivity contribution is 9.10. The van der Waals surface area contributed by atoms with E-state index >= 15 is 0 Å². The summed E-state index contributed by atoms with van der Waals surface area (Å²) in [5, 5.41) is 0. The Morgan fingerprint density at radius 3 is 2.24 bits per heavy atom. The van der Waals surface area contributed by atoms with Crippen LogP contribution in [0.5, 0.6) is 0 Å². The molecule has 0 aliphatic rings. The minimum absolute atomic E-state index is 0.223. The van der Waals surface area contributed by atoms with Gasteiger partial charge in [0.05, 0.1) is 5.56 Å². The van der Waals surface area contributed by atoms with E-state index in [0.717, 1.165) is 5.56 Å². The molecule has 0 bridgehead atoms. The molecular formula is C15H12BrFN2O2. The third-order valence-corrected chi connectivity index (χ3v) is 3.44. The first kappa shape index (κ1) is 15.2. The Labute approximate surface area is 129 Å². The molecule has 108 valence electrons. The van der Waals surface area contributed by atoms with Crippen LogP contribution in [0.1, 0.15) is 26.3 Å². The van der Waals surface area contributed by atoms with Crippen molar-refractivity contribution in [3.63, 3.8) is 0 Å². The number of carbonyl (C=O) groups is 2. The van der Waals surface area contributed by atoms with Gasteiger partial charge in [-0.25, -0.2) is 4.39 Å². The second-order valence-corrected chi connectivity index (χ2v) is 5.25. The molecule has 0 spiro atoms. The average molecular weight is 351 g/mol. The Morgan fingerprint density at radius 1 is 1.00 bits per heavy atom. The maximum atomic E-state index is 12.9. The average Bonchev–Trinajstić information content (AvgIpc) is 2.45. The number of rotatable bonds is 2. The molecule has 0 aromatic heterocycles. The first-order chi connectivity index (χ1) is 9.97. The summed E-state index contributed by atoms with van der Waals surface area (Å²) >= 11 is 3.09. The summed E-state index contributed by atoms with van der Waals surface area (Å²) in [6.07, 6.45) is 0. The van der Waals surface area contributed by atoms with Gasteiger partial charge in [0.1, 0.15) is 5.82 Å². The predicted molar refractivity (Wildman–Crippen MR) is 80.2 cm³/mol. The van der Waals surface area contributed by atoms with Crippen LogP contribution < -0.4 is 10.9 Å². The fraction of sp³-hybridized carbons (Fsp3) is 0.0667. The molecule has 6 heteroatoms. The van der Waals surface area contributed by atoms with E-state index in [2.05, 4.69) is 26.8 Å². The zero-order valence-electron chi connectivity index (χ0n) is 11.1. The topological polar surface area (TPSA) is 58.2 Å². The van der Waals surface area contributed by atoms with Crippen molar-refractivity contribution in [3.05, 3.63) is 69.4 Å². The number of hydrogen-bond donors (Lipinski definition) is 2. The number of halogens is 2. The molecule has 2 rings (SSSR count). The van der Waals surface area contributed by atoms with E-state index in [-0.39, 0.29) is 5.56 Å². The van der Waals surface area contributed by atoms with Gasteiger partial charge in [0.25, 0.3) is 11.8 Å². The molecule has 0 fully saturated rings. The van der Waals surface area contributed by atoms with Crippen molar-refractivity contribution >= 4 is 27.7 Å². The summed E-state index contributed by atoms with van der Waals surface area (Å²) < 4.78 is 13.3. The van der Waals surface area contributed by atoms with Gasteiger partial charge in [0.15, 0.2) is 0 Å². The van der Waals surface area contributed by atoms with Crippen molar-refractivity contribution in [3.8, 4) is 0 Å². The first-order valence-electron chi connectivity index (χ1n) is 6.10. The maximum absolute atomic E-state index is 12.9. The molecule has 0 saturated carbocycles. The van der Waals surface area contributed by atoms with Crippen LogP contribution in [0.25, 0.3) is 0 Å². The standard InChI is InChI=1S/C15H12BrFN2O2/c1-9-2-4-10(5-3-9)14(20)18-19-15(21)12-7-6-11(17)8-13(12)16/h2-8H,1H3,(H,18,20)(H,19,21). The third kappa shape index (κ3) is 3.88. The molecule has 0 aliphatic heterocycles. The summed E-state index contributed by atoms with van der Waals surface area (Å²) in [7, 11) is 0.